The van der Waals surface area contributed by atoms with Crippen molar-refractivity contribution < 1.29 is 13.7 Å². The van der Waals surface area contributed by atoms with Gasteiger partial charge in [0, 0.05) is 31.7 Å². The van der Waals surface area contributed by atoms with Crippen LogP contribution >= 0.6 is 0 Å². The maximum atomic E-state index is 13.4. The number of carbonyl (C=O) groups is 1. The van der Waals surface area contributed by atoms with Gasteiger partial charge in [-0.15, -0.1) is 0 Å². The summed E-state index contributed by atoms with van der Waals surface area (Å²) in [5, 5.41) is 4.89. The summed E-state index contributed by atoms with van der Waals surface area (Å²) in [4.78, 5) is 26.2. The van der Waals surface area contributed by atoms with Crippen LogP contribution in [0.1, 0.15) is 38.5 Å². The highest BCUT2D eigenvalue weighted by Crippen LogP contribution is 2.35. The largest absolute Gasteiger partial charge is 0.355 e. The van der Waals surface area contributed by atoms with Gasteiger partial charge in [0.2, 0.25) is 5.91 Å². The number of anilines is 1. The van der Waals surface area contributed by atoms with Crippen molar-refractivity contribution in [2.45, 2.75) is 38.5 Å². The van der Waals surface area contributed by atoms with Gasteiger partial charge < -0.3 is 14.3 Å². The van der Waals surface area contributed by atoms with E-state index >= 15 is 0 Å². The minimum atomic E-state index is -0.307. The Morgan fingerprint density at radius 1 is 1.00 bits per heavy atom. The van der Waals surface area contributed by atoms with Gasteiger partial charge in [0.1, 0.15) is 29.0 Å². The van der Waals surface area contributed by atoms with Crippen molar-refractivity contribution in [3.63, 3.8) is 0 Å². The zero-order valence-electron chi connectivity index (χ0n) is 17.5. The van der Waals surface area contributed by atoms with Crippen LogP contribution in [0.15, 0.2) is 35.1 Å². The van der Waals surface area contributed by atoms with Crippen molar-refractivity contribution in [3.8, 4) is 11.3 Å². The monoisotopic (exact) mass is 423 g/mol. The number of benzene rings is 1. The molecular formula is C23H26FN5O2. The lowest BCUT2D eigenvalue weighted by molar-refractivity contribution is -0.135. The molecule has 0 spiro atoms. The van der Waals surface area contributed by atoms with Gasteiger partial charge in [0.15, 0.2) is 0 Å². The van der Waals surface area contributed by atoms with E-state index in [1.165, 1.54) is 31.3 Å². The number of nitrogens with zero attached hydrogens (tertiary/aromatic N) is 5. The Kier molecular flexibility index (Phi) is 5.53. The summed E-state index contributed by atoms with van der Waals surface area (Å²) in [7, 11) is 0. The lowest BCUT2D eigenvalue weighted by atomic mass is 9.96. The van der Waals surface area contributed by atoms with Gasteiger partial charge in [0.05, 0.1) is 5.92 Å². The Bertz CT molecular complexity index is 1060. The molecule has 3 aromatic rings. The molecule has 0 N–H and O–H groups in total. The predicted octanol–water partition coefficient (Wildman–Crippen LogP) is 4.04. The fraction of sp³-hybridized carbons (Fsp3) is 0.478. The third-order valence-corrected chi connectivity index (χ3v) is 6.36. The van der Waals surface area contributed by atoms with Gasteiger partial charge in [-0.2, -0.15) is 4.98 Å². The molecule has 1 amide bonds. The second kappa shape index (κ2) is 8.61. The molecule has 0 bridgehead atoms. The molecule has 31 heavy (non-hydrogen) atoms. The first-order valence-electron chi connectivity index (χ1n) is 11.1. The third-order valence-electron chi connectivity index (χ3n) is 6.36. The van der Waals surface area contributed by atoms with E-state index < -0.39 is 0 Å². The van der Waals surface area contributed by atoms with Crippen LogP contribution in [-0.2, 0) is 4.79 Å². The number of hydrogen-bond donors (Lipinski definition) is 0. The van der Waals surface area contributed by atoms with Crippen LogP contribution in [0.2, 0.25) is 0 Å². The molecule has 8 heteroatoms. The summed E-state index contributed by atoms with van der Waals surface area (Å²) < 4.78 is 18.8. The van der Waals surface area contributed by atoms with Crippen LogP contribution < -0.4 is 4.90 Å². The standard InChI is InChI=1S/C23H26FN5O2/c24-18-9-7-16(8-10-18)20-19-21(25-15-26-22(19)31-27-20)29-13-5-6-17(14-29)23(30)28-11-3-1-2-4-12-28/h7-10,15,17H,1-6,11-14H2. The lowest BCUT2D eigenvalue weighted by Crippen LogP contribution is -2.45. The van der Waals surface area contributed by atoms with Crippen LogP contribution in [-0.4, -0.2) is 52.1 Å². The van der Waals surface area contributed by atoms with Crippen molar-refractivity contribution in [1.29, 1.82) is 0 Å². The normalized spacial score (nSPS) is 20.1. The van der Waals surface area contributed by atoms with Crippen LogP contribution in [0, 0.1) is 11.7 Å². The SMILES string of the molecule is O=C(C1CCCN(c2ncnc3onc(-c4ccc(F)cc4)c23)C1)N1CCCCCC1. The van der Waals surface area contributed by atoms with Crippen LogP contribution in [0.25, 0.3) is 22.4 Å². The van der Waals surface area contributed by atoms with Crippen molar-refractivity contribution in [2.75, 3.05) is 31.1 Å². The Morgan fingerprint density at radius 3 is 2.55 bits per heavy atom. The molecule has 0 aliphatic carbocycles. The van der Waals surface area contributed by atoms with Crippen molar-refractivity contribution in [3.05, 3.63) is 36.4 Å². The zero-order chi connectivity index (χ0) is 21.2. The fourth-order valence-electron chi connectivity index (χ4n) is 4.74. The topological polar surface area (TPSA) is 75.4 Å². The smallest absolute Gasteiger partial charge is 0.263 e. The van der Waals surface area contributed by atoms with E-state index in [9.17, 15) is 9.18 Å². The molecule has 162 valence electrons. The first-order valence-corrected chi connectivity index (χ1v) is 11.1. The first-order chi connectivity index (χ1) is 15.2. The molecule has 4 heterocycles. The Morgan fingerprint density at radius 2 is 1.77 bits per heavy atom. The molecule has 2 aromatic heterocycles. The Hall–Kier alpha value is -3.03. The van der Waals surface area contributed by atoms with E-state index in [4.69, 9.17) is 4.52 Å². The molecule has 0 radical (unpaired) electrons. The molecule has 2 aliphatic rings. The van der Waals surface area contributed by atoms with Gasteiger partial charge in [-0.1, -0.05) is 18.0 Å². The first kappa shape index (κ1) is 19.9. The molecule has 2 aliphatic heterocycles. The number of hydrogen-bond acceptors (Lipinski definition) is 6. The summed E-state index contributed by atoms with van der Waals surface area (Å²) in [6.07, 6.45) is 7.89. The number of amides is 1. The number of aromatic nitrogens is 3. The number of piperidine rings is 1. The highest BCUT2D eigenvalue weighted by atomic mass is 19.1. The minimum Gasteiger partial charge on any atom is -0.355 e. The minimum absolute atomic E-state index is 0.0361. The summed E-state index contributed by atoms with van der Waals surface area (Å²) >= 11 is 0. The van der Waals surface area contributed by atoms with E-state index in [-0.39, 0.29) is 17.6 Å². The molecular weight excluding hydrogens is 397 g/mol. The third kappa shape index (κ3) is 3.98. The van der Waals surface area contributed by atoms with E-state index in [1.54, 1.807) is 12.1 Å². The summed E-state index contributed by atoms with van der Waals surface area (Å²) in [6, 6.07) is 6.14. The van der Waals surface area contributed by atoms with E-state index in [0.717, 1.165) is 56.7 Å². The lowest BCUT2D eigenvalue weighted by Gasteiger charge is -2.35. The summed E-state index contributed by atoms with van der Waals surface area (Å²) in [6.45, 7) is 3.17. The van der Waals surface area contributed by atoms with Crippen molar-refractivity contribution in [1.82, 2.24) is 20.0 Å². The van der Waals surface area contributed by atoms with E-state index in [2.05, 4.69) is 24.9 Å². The zero-order valence-corrected chi connectivity index (χ0v) is 17.5. The van der Waals surface area contributed by atoms with E-state index in [0.29, 0.717) is 23.3 Å². The van der Waals surface area contributed by atoms with E-state index in [1.807, 2.05) is 0 Å². The maximum Gasteiger partial charge on any atom is 0.263 e. The molecule has 7 nitrogen and oxygen atoms in total. The van der Waals surface area contributed by atoms with Crippen LogP contribution in [0.3, 0.4) is 0 Å². The number of rotatable bonds is 3. The van der Waals surface area contributed by atoms with Crippen LogP contribution in [0.5, 0.6) is 0 Å². The number of likely N-dealkylation sites (tertiary alicyclic amines) is 1. The maximum absolute atomic E-state index is 13.4. The molecule has 2 fully saturated rings. The number of fused-ring (bicyclic) bond motifs is 1. The van der Waals surface area contributed by atoms with Gasteiger partial charge >= 0.3 is 0 Å². The fourth-order valence-corrected chi connectivity index (χ4v) is 4.74. The summed E-state index contributed by atoms with van der Waals surface area (Å²) in [5.74, 6) is 0.643. The predicted molar refractivity (Wildman–Crippen MR) is 115 cm³/mol. The number of carbonyl (C=O) groups excluding carboxylic acids is 1. The molecule has 2 saturated heterocycles. The van der Waals surface area contributed by atoms with Gasteiger partial charge in [-0.3, -0.25) is 4.79 Å². The van der Waals surface area contributed by atoms with Gasteiger partial charge in [0.25, 0.3) is 5.71 Å². The Balaban J connectivity index is 1.44. The van der Waals surface area contributed by atoms with Crippen LogP contribution in [0.4, 0.5) is 10.2 Å². The molecule has 1 atom stereocenters. The second-order valence-electron chi connectivity index (χ2n) is 8.44. The second-order valence-corrected chi connectivity index (χ2v) is 8.44. The molecule has 1 aromatic carbocycles. The molecule has 0 saturated carbocycles. The van der Waals surface area contributed by atoms with Gasteiger partial charge in [-0.25, -0.2) is 9.37 Å². The quantitative estimate of drug-likeness (QED) is 0.633. The summed E-state index contributed by atoms with van der Waals surface area (Å²) in [5.41, 5.74) is 1.72. The molecule has 5 rings (SSSR count). The van der Waals surface area contributed by atoms with Gasteiger partial charge in [-0.05, 0) is 49.9 Å². The molecule has 1 unspecified atom stereocenters. The highest BCUT2D eigenvalue weighted by molar-refractivity contribution is 5.98. The average Bonchev–Trinajstić information content (AvgIpc) is 3.05. The number of halogens is 1. The van der Waals surface area contributed by atoms with Crippen molar-refractivity contribution >= 4 is 22.8 Å². The Labute approximate surface area is 180 Å². The average molecular weight is 423 g/mol. The van der Waals surface area contributed by atoms with Crippen molar-refractivity contribution in [2.24, 2.45) is 5.92 Å². The highest BCUT2D eigenvalue weighted by Gasteiger charge is 2.31.